The molecule has 5 nitrogen and oxygen atoms in total. The number of carboxylic acid groups (broad SMARTS) is 1. The second-order valence-electron chi connectivity index (χ2n) is 4.94. The molecule has 1 unspecified atom stereocenters. The molecule has 2 aromatic rings. The molecule has 1 aromatic carbocycles. The van der Waals surface area contributed by atoms with Crippen LogP contribution < -0.4 is 4.90 Å². The summed E-state index contributed by atoms with van der Waals surface area (Å²) in [6, 6.07) is 7.78. The minimum absolute atomic E-state index is 0.158. The molecule has 2 rings (SSSR count). The second kappa shape index (κ2) is 5.86. The molecule has 20 heavy (non-hydrogen) atoms. The summed E-state index contributed by atoms with van der Waals surface area (Å²) in [7, 11) is 1.95. The van der Waals surface area contributed by atoms with Crippen molar-refractivity contribution in [3.63, 3.8) is 0 Å². The van der Waals surface area contributed by atoms with Crippen LogP contribution in [-0.2, 0) is 0 Å². The second-order valence-corrected chi connectivity index (χ2v) is 4.94. The van der Waals surface area contributed by atoms with Crippen LogP contribution in [0, 0.1) is 0 Å². The lowest BCUT2D eigenvalue weighted by Crippen LogP contribution is -2.30. The van der Waals surface area contributed by atoms with E-state index in [1.165, 1.54) is 0 Å². The normalized spacial score (nSPS) is 12.3. The van der Waals surface area contributed by atoms with Gasteiger partial charge in [-0.3, -0.25) is 0 Å². The first kappa shape index (κ1) is 14.2. The summed E-state index contributed by atoms with van der Waals surface area (Å²) in [5.74, 6) is -0.586. The topological polar surface area (TPSA) is 66.3 Å². The van der Waals surface area contributed by atoms with Crippen molar-refractivity contribution in [2.24, 2.45) is 0 Å². The van der Waals surface area contributed by atoms with Crippen molar-refractivity contribution < 1.29 is 9.90 Å². The van der Waals surface area contributed by atoms with E-state index in [4.69, 9.17) is 5.11 Å². The maximum Gasteiger partial charge on any atom is 0.374 e. The molecule has 0 fully saturated rings. The standard InChI is InChI=1S/C15H19N3O2/c1-4-7-10(2)18(3)14-11-8-5-6-9-12(11)16-13(17-14)15(19)20/h5-6,8-10H,4,7H2,1-3H3,(H,19,20). The number of carbonyl (C=O) groups is 1. The summed E-state index contributed by atoms with van der Waals surface area (Å²) in [6.45, 7) is 4.24. The number of hydrogen-bond donors (Lipinski definition) is 1. The zero-order valence-electron chi connectivity index (χ0n) is 12.0. The van der Waals surface area contributed by atoms with Crippen LogP contribution in [0.15, 0.2) is 24.3 Å². The van der Waals surface area contributed by atoms with Crippen molar-refractivity contribution in [3.8, 4) is 0 Å². The van der Waals surface area contributed by atoms with Gasteiger partial charge in [-0.05, 0) is 25.5 Å². The third-order valence-electron chi connectivity index (χ3n) is 3.48. The van der Waals surface area contributed by atoms with Crippen molar-refractivity contribution >= 4 is 22.7 Å². The molecule has 0 bridgehead atoms. The van der Waals surface area contributed by atoms with Crippen molar-refractivity contribution in [2.45, 2.75) is 32.7 Å². The van der Waals surface area contributed by atoms with Gasteiger partial charge in [0.25, 0.3) is 0 Å². The minimum atomic E-state index is -1.10. The Labute approximate surface area is 118 Å². The Hall–Kier alpha value is -2.17. The van der Waals surface area contributed by atoms with Gasteiger partial charge in [0.05, 0.1) is 5.52 Å². The molecule has 1 aromatic heterocycles. The molecule has 0 aliphatic carbocycles. The number of rotatable bonds is 5. The molecule has 0 spiro atoms. The number of aromatic carboxylic acids is 1. The number of fused-ring (bicyclic) bond motifs is 1. The predicted molar refractivity (Wildman–Crippen MR) is 79.3 cm³/mol. The maximum absolute atomic E-state index is 11.2. The fourth-order valence-electron chi connectivity index (χ4n) is 2.24. The molecule has 5 heteroatoms. The number of hydrogen-bond acceptors (Lipinski definition) is 4. The Morgan fingerprint density at radius 2 is 2.05 bits per heavy atom. The van der Waals surface area contributed by atoms with Crippen molar-refractivity contribution in [1.82, 2.24) is 9.97 Å². The molecule has 0 amide bonds. The highest BCUT2D eigenvalue weighted by Gasteiger charge is 2.18. The van der Waals surface area contributed by atoms with E-state index in [0.29, 0.717) is 17.4 Å². The molecule has 0 aliphatic heterocycles. The highest BCUT2D eigenvalue weighted by atomic mass is 16.4. The average molecular weight is 273 g/mol. The van der Waals surface area contributed by atoms with Gasteiger partial charge in [0.1, 0.15) is 5.82 Å². The van der Waals surface area contributed by atoms with Crippen LogP contribution in [0.2, 0.25) is 0 Å². The van der Waals surface area contributed by atoms with E-state index < -0.39 is 5.97 Å². The largest absolute Gasteiger partial charge is 0.475 e. The molecule has 1 atom stereocenters. The summed E-state index contributed by atoms with van der Waals surface area (Å²) in [6.07, 6.45) is 2.09. The molecule has 0 aliphatic rings. The van der Waals surface area contributed by atoms with Gasteiger partial charge in [-0.1, -0.05) is 25.5 Å². The van der Waals surface area contributed by atoms with Crippen molar-refractivity contribution in [2.75, 3.05) is 11.9 Å². The van der Waals surface area contributed by atoms with E-state index in [-0.39, 0.29) is 5.82 Å². The van der Waals surface area contributed by atoms with Crippen LogP contribution in [0.1, 0.15) is 37.3 Å². The van der Waals surface area contributed by atoms with E-state index in [0.717, 1.165) is 18.2 Å². The van der Waals surface area contributed by atoms with Gasteiger partial charge in [0.2, 0.25) is 5.82 Å². The van der Waals surface area contributed by atoms with E-state index in [1.807, 2.05) is 36.2 Å². The third kappa shape index (κ3) is 2.71. The number of benzene rings is 1. The predicted octanol–water partition coefficient (Wildman–Crippen LogP) is 2.95. The van der Waals surface area contributed by atoms with Crippen LogP contribution in [0.3, 0.4) is 0 Å². The average Bonchev–Trinajstić information content (AvgIpc) is 2.45. The quantitative estimate of drug-likeness (QED) is 0.907. The first-order valence-electron chi connectivity index (χ1n) is 6.77. The highest BCUT2D eigenvalue weighted by molar-refractivity contribution is 5.93. The lowest BCUT2D eigenvalue weighted by molar-refractivity contribution is 0.0684. The SMILES string of the molecule is CCCC(C)N(C)c1nc(C(=O)O)nc2ccccc12. The van der Waals surface area contributed by atoms with Crippen LogP contribution in [-0.4, -0.2) is 34.1 Å². The molecular weight excluding hydrogens is 254 g/mol. The number of aromatic nitrogens is 2. The van der Waals surface area contributed by atoms with Crippen LogP contribution >= 0.6 is 0 Å². The van der Waals surface area contributed by atoms with Crippen LogP contribution in [0.4, 0.5) is 5.82 Å². The summed E-state index contributed by atoms with van der Waals surface area (Å²) >= 11 is 0. The van der Waals surface area contributed by atoms with E-state index in [1.54, 1.807) is 0 Å². The van der Waals surface area contributed by atoms with Gasteiger partial charge in [-0.15, -0.1) is 0 Å². The van der Waals surface area contributed by atoms with Gasteiger partial charge in [-0.25, -0.2) is 14.8 Å². The fourth-order valence-corrected chi connectivity index (χ4v) is 2.24. The Morgan fingerprint density at radius 1 is 1.35 bits per heavy atom. The van der Waals surface area contributed by atoms with Crippen molar-refractivity contribution in [3.05, 3.63) is 30.1 Å². The Kier molecular flexibility index (Phi) is 4.17. The number of carboxylic acids is 1. The molecule has 1 heterocycles. The lowest BCUT2D eigenvalue weighted by Gasteiger charge is -2.26. The van der Waals surface area contributed by atoms with Gasteiger partial charge < -0.3 is 10.0 Å². The van der Waals surface area contributed by atoms with Gasteiger partial charge in [0.15, 0.2) is 0 Å². The van der Waals surface area contributed by atoms with E-state index in [9.17, 15) is 4.79 Å². The van der Waals surface area contributed by atoms with E-state index >= 15 is 0 Å². The third-order valence-corrected chi connectivity index (χ3v) is 3.48. The lowest BCUT2D eigenvalue weighted by atomic mass is 10.1. The number of para-hydroxylation sites is 1. The van der Waals surface area contributed by atoms with Crippen LogP contribution in [0.5, 0.6) is 0 Å². The van der Waals surface area contributed by atoms with Gasteiger partial charge >= 0.3 is 5.97 Å². The monoisotopic (exact) mass is 273 g/mol. The van der Waals surface area contributed by atoms with Gasteiger partial charge in [-0.2, -0.15) is 0 Å². The van der Waals surface area contributed by atoms with Crippen molar-refractivity contribution in [1.29, 1.82) is 0 Å². The maximum atomic E-state index is 11.2. The zero-order chi connectivity index (χ0) is 14.7. The number of nitrogens with zero attached hydrogens (tertiary/aromatic N) is 3. The first-order chi connectivity index (χ1) is 9.54. The van der Waals surface area contributed by atoms with Crippen LogP contribution in [0.25, 0.3) is 10.9 Å². The molecular formula is C15H19N3O2. The summed E-state index contributed by atoms with van der Waals surface area (Å²) in [5, 5.41) is 10.0. The molecule has 0 radical (unpaired) electrons. The number of anilines is 1. The zero-order valence-corrected chi connectivity index (χ0v) is 12.0. The molecule has 0 saturated carbocycles. The Bertz CT molecular complexity index is 628. The van der Waals surface area contributed by atoms with Gasteiger partial charge in [0, 0.05) is 18.5 Å². The first-order valence-corrected chi connectivity index (χ1v) is 6.77. The fraction of sp³-hybridized carbons (Fsp3) is 0.400. The Morgan fingerprint density at radius 3 is 2.70 bits per heavy atom. The Balaban J connectivity index is 2.57. The molecule has 1 N–H and O–H groups in total. The smallest absolute Gasteiger partial charge is 0.374 e. The molecule has 0 saturated heterocycles. The summed E-state index contributed by atoms with van der Waals surface area (Å²) in [5.41, 5.74) is 0.658. The highest BCUT2D eigenvalue weighted by Crippen LogP contribution is 2.25. The summed E-state index contributed by atoms with van der Waals surface area (Å²) < 4.78 is 0. The van der Waals surface area contributed by atoms with E-state index in [2.05, 4.69) is 23.8 Å². The summed E-state index contributed by atoms with van der Waals surface area (Å²) in [4.78, 5) is 21.5. The molecule has 106 valence electrons. The minimum Gasteiger partial charge on any atom is -0.475 e.